The van der Waals surface area contributed by atoms with Crippen LogP contribution in [0.4, 0.5) is 0 Å². The van der Waals surface area contributed by atoms with E-state index in [0.717, 1.165) is 6.42 Å². The van der Waals surface area contributed by atoms with Crippen molar-refractivity contribution in [3.8, 4) is 11.1 Å². The van der Waals surface area contributed by atoms with Gasteiger partial charge >= 0.3 is 37.9 Å². The van der Waals surface area contributed by atoms with Crippen LogP contribution in [0.25, 0.3) is 21.9 Å². The Kier molecular flexibility index (Phi) is 6.81. The molecule has 22 heavy (non-hydrogen) atoms. The van der Waals surface area contributed by atoms with Crippen molar-refractivity contribution in [2.24, 2.45) is 0 Å². The molecule has 0 atom stereocenters. The summed E-state index contributed by atoms with van der Waals surface area (Å²) in [6, 6.07) is 18.0. The second-order valence-corrected chi connectivity index (χ2v) is 9.15. The maximum atomic E-state index is 4.93. The third kappa shape index (κ3) is 4.07. The van der Waals surface area contributed by atoms with Crippen molar-refractivity contribution in [2.45, 2.75) is 27.2 Å². The van der Waals surface area contributed by atoms with Crippen molar-refractivity contribution < 1.29 is 20.8 Å². The van der Waals surface area contributed by atoms with Gasteiger partial charge in [-0.15, -0.1) is 34.5 Å². The number of benzene rings is 2. The monoisotopic (exact) mass is 407 g/mol. The summed E-state index contributed by atoms with van der Waals surface area (Å²) in [4.78, 5) is 0. The molecule has 0 amide bonds. The van der Waals surface area contributed by atoms with Crippen LogP contribution in [-0.2, 0) is 27.3 Å². The van der Waals surface area contributed by atoms with Gasteiger partial charge in [-0.05, 0) is 31.4 Å². The second-order valence-electron chi connectivity index (χ2n) is 5.42. The Morgan fingerprint density at radius 3 is 2.41 bits per heavy atom. The Morgan fingerprint density at radius 2 is 1.73 bits per heavy atom. The normalized spacial score (nSPS) is 10.2. The van der Waals surface area contributed by atoms with Gasteiger partial charge in [0.15, 0.2) is 0 Å². The molecule has 3 rings (SSSR count). The minimum absolute atomic E-state index is 0.826. The molecule has 0 N–H and O–H groups in total. The molecule has 3 heteroatoms. The summed E-state index contributed by atoms with van der Waals surface area (Å²) < 4.78 is 0. The molecule has 114 valence electrons. The SMILES string of the molecule is CCc1cc2c(-c3cc(C)ccc3C)cccc2[cH-]1.[Cl][Zr][Cl]. The Balaban J connectivity index is 0.000000545. The molecular weight excluding hydrogens is 390 g/mol. The van der Waals surface area contributed by atoms with Crippen molar-refractivity contribution in [3.63, 3.8) is 0 Å². The van der Waals surface area contributed by atoms with E-state index in [1.165, 1.54) is 38.6 Å². The van der Waals surface area contributed by atoms with Gasteiger partial charge in [0, 0.05) is 0 Å². The van der Waals surface area contributed by atoms with Crippen LogP contribution in [0.15, 0.2) is 48.5 Å². The van der Waals surface area contributed by atoms with Crippen LogP contribution < -0.4 is 0 Å². The first-order chi connectivity index (χ1) is 10.6. The number of aryl methyl sites for hydroxylation is 3. The minimum atomic E-state index is -0.826. The van der Waals surface area contributed by atoms with Gasteiger partial charge in [-0.1, -0.05) is 42.3 Å². The first-order valence-corrected chi connectivity index (χ1v) is 13.7. The topological polar surface area (TPSA) is 0 Å². The van der Waals surface area contributed by atoms with Gasteiger partial charge in [0.05, 0.1) is 0 Å². The average molecular weight is 409 g/mol. The van der Waals surface area contributed by atoms with E-state index in [0.29, 0.717) is 0 Å². The van der Waals surface area contributed by atoms with E-state index >= 15 is 0 Å². The van der Waals surface area contributed by atoms with E-state index in [4.69, 9.17) is 17.0 Å². The molecule has 0 fully saturated rings. The summed E-state index contributed by atoms with van der Waals surface area (Å²) in [6.45, 7) is 6.56. The summed E-state index contributed by atoms with van der Waals surface area (Å²) >= 11 is -0.826. The number of fused-ring (bicyclic) bond motifs is 1. The van der Waals surface area contributed by atoms with Crippen LogP contribution in [0.3, 0.4) is 0 Å². The third-order valence-corrected chi connectivity index (χ3v) is 3.90. The zero-order valence-corrected chi connectivity index (χ0v) is 17.1. The van der Waals surface area contributed by atoms with Crippen LogP contribution in [0, 0.1) is 13.8 Å². The zero-order chi connectivity index (χ0) is 16.1. The maximum absolute atomic E-state index is 4.93. The molecule has 0 aliphatic carbocycles. The van der Waals surface area contributed by atoms with E-state index in [2.05, 4.69) is 69.3 Å². The predicted molar refractivity (Wildman–Crippen MR) is 95.5 cm³/mol. The molecule has 0 aliphatic rings. The van der Waals surface area contributed by atoms with E-state index in [1.807, 2.05) is 0 Å². The second kappa shape index (κ2) is 8.39. The zero-order valence-electron chi connectivity index (χ0n) is 13.1. The molecule has 0 heterocycles. The van der Waals surface area contributed by atoms with Gasteiger partial charge in [-0.3, -0.25) is 0 Å². The number of halogens is 2. The summed E-state index contributed by atoms with van der Waals surface area (Å²) in [5, 5.41) is 2.74. The third-order valence-electron chi connectivity index (χ3n) is 3.90. The van der Waals surface area contributed by atoms with Crippen molar-refractivity contribution in [3.05, 3.63) is 65.2 Å². The van der Waals surface area contributed by atoms with Crippen LogP contribution >= 0.6 is 17.0 Å². The molecule has 0 spiro atoms. The first-order valence-electron chi connectivity index (χ1n) is 7.33. The van der Waals surface area contributed by atoms with E-state index < -0.39 is 20.8 Å². The fourth-order valence-corrected chi connectivity index (χ4v) is 2.76. The number of hydrogen-bond donors (Lipinski definition) is 0. The molecule has 3 aromatic rings. The van der Waals surface area contributed by atoms with Crippen LogP contribution in [0.2, 0.25) is 0 Å². The van der Waals surface area contributed by atoms with Gasteiger partial charge in [-0.2, -0.15) is 6.07 Å². The van der Waals surface area contributed by atoms with Gasteiger partial charge < -0.3 is 0 Å². The van der Waals surface area contributed by atoms with Crippen molar-refractivity contribution in [2.75, 3.05) is 0 Å². The van der Waals surface area contributed by atoms with Crippen molar-refractivity contribution in [1.82, 2.24) is 0 Å². The average Bonchev–Trinajstić information content (AvgIpc) is 2.94. The standard InChI is InChI=1S/C19H19.2ClH.Zr/c1-4-15-11-16-6-5-7-17(19(16)12-15)18-10-13(2)8-9-14(18)3;;;/h5-12H,4H2,1-3H3;2*1H;/q-1;;;+2/p-2. The summed E-state index contributed by atoms with van der Waals surface area (Å²) in [5.41, 5.74) is 6.81. The molecule has 0 saturated carbocycles. The van der Waals surface area contributed by atoms with Gasteiger partial charge in [0.2, 0.25) is 0 Å². The molecule has 0 nitrogen and oxygen atoms in total. The summed E-state index contributed by atoms with van der Waals surface area (Å²) in [7, 11) is 9.87. The van der Waals surface area contributed by atoms with Crippen LogP contribution in [0.5, 0.6) is 0 Å². The molecule has 0 bridgehead atoms. The van der Waals surface area contributed by atoms with E-state index in [1.54, 1.807) is 0 Å². The predicted octanol–water partition coefficient (Wildman–Crippen LogP) is 6.78. The molecule has 0 radical (unpaired) electrons. The van der Waals surface area contributed by atoms with Gasteiger partial charge in [0.25, 0.3) is 0 Å². The number of rotatable bonds is 2. The fraction of sp³-hybridized carbons (Fsp3) is 0.211. The van der Waals surface area contributed by atoms with Gasteiger partial charge in [0.1, 0.15) is 0 Å². The molecule has 0 saturated heterocycles. The number of hydrogen-bond acceptors (Lipinski definition) is 0. The van der Waals surface area contributed by atoms with E-state index in [-0.39, 0.29) is 0 Å². The van der Waals surface area contributed by atoms with Crippen LogP contribution in [-0.4, -0.2) is 0 Å². The van der Waals surface area contributed by atoms with E-state index in [9.17, 15) is 0 Å². The van der Waals surface area contributed by atoms with Crippen LogP contribution in [0.1, 0.15) is 23.6 Å². The Labute approximate surface area is 151 Å². The first kappa shape index (κ1) is 17.9. The molecular formula is C19H19Cl2Zr-. The molecule has 0 aliphatic heterocycles. The molecule has 3 aromatic carbocycles. The Bertz CT molecular complexity index is 759. The van der Waals surface area contributed by atoms with Crippen molar-refractivity contribution in [1.29, 1.82) is 0 Å². The quantitative estimate of drug-likeness (QED) is 0.409. The Morgan fingerprint density at radius 1 is 1.00 bits per heavy atom. The Hall–Kier alpha value is -0.487. The molecule has 0 unspecified atom stereocenters. The van der Waals surface area contributed by atoms with Gasteiger partial charge in [-0.25, -0.2) is 0 Å². The summed E-state index contributed by atoms with van der Waals surface area (Å²) in [6.07, 6.45) is 1.10. The fourth-order valence-electron chi connectivity index (χ4n) is 2.76. The molecule has 0 aromatic heterocycles. The summed E-state index contributed by atoms with van der Waals surface area (Å²) in [5.74, 6) is 0. The van der Waals surface area contributed by atoms with Crippen molar-refractivity contribution >= 4 is 27.8 Å².